The molecule has 0 spiro atoms. The standard InChI is InChI=1S/C15H22ClNO3/c1-4-12(10-16)17-15(18)11-7-8-13(19-5-2)14(9-11)20-6-3/h7-9,12H,4-6,10H2,1-3H3,(H,17,18). The summed E-state index contributed by atoms with van der Waals surface area (Å²) in [5.74, 6) is 1.48. The predicted molar refractivity (Wildman–Crippen MR) is 81.0 cm³/mol. The van der Waals surface area contributed by atoms with Crippen molar-refractivity contribution in [3.8, 4) is 11.5 Å². The minimum atomic E-state index is -0.151. The lowest BCUT2D eigenvalue weighted by Crippen LogP contribution is -2.35. The fraction of sp³-hybridized carbons (Fsp3) is 0.533. The van der Waals surface area contributed by atoms with Crippen LogP contribution >= 0.6 is 11.6 Å². The average Bonchev–Trinajstić information content (AvgIpc) is 2.46. The molecule has 1 aromatic carbocycles. The van der Waals surface area contributed by atoms with Gasteiger partial charge in [0.1, 0.15) is 0 Å². The molecule has 0 aromatic heterocycles. The Morgan fingerprint density at radius 2 is 1.85 bits per heavy atom. The van der Waals surface area contributed by atoms with Crippen molar-refractivity contribution in [2.24, 2.45) is 0 Å². The Morgan fingerprint density at radius 1 is 1.20 bits per heavy atom. The van der Waals surface area contributed by atoms with E-state index in [1.165, 1.54) is 0 Å². The molecule has 0 saturated heterocycles. The van der Waals surface area contributed by atoms with E-state index < -0.39 is 0 Å². The Hall–Kier alpha value is -1.42. The quantitative estimate of drug-likeness (QED) is 0.750. The van der Waals surface area contributed by atoms with Gasteiger partial charge in [-0.15, -0.1) is 11.6 Å². The van der Waals surface area contributed by atoms with Crippen LogP contribution in [0.4, 0.5) is 0 Å². The fourth-order valence-corrected chi connectivity index (χ4v) is 2.01. The number of nitrogens with one attached hydrogen (secondary N) is 1. The Bertz CT molecular complexity index is 433. The largest absolute Gasteiger partial charge is 0.490 e. The zero-order chi connectivity index (χ0) is 15.0. The van der Waals surface area contributed by atoms with Gasteiger partial charge >= 0.3 is 0 Å². The van der Waals surface area contributed by atoms with Crippen LogP contribution in [0.3, 0.4) is 0 Å². The number of alkyl halides is 1. The van der Waals surface area contributed by atoms with Crippen molar-refractivity contribution < 1.29 is 14.3 Å². The Kier molecular flexibility index (Phi) is 7.23. The topological polar surface area (TPSA) is 47.6 Å². The average molecular weight is 300 g/mol. The highest BCUT2D eigenvalue weighted by Gasteiger charge is 2.14. The molecule has 5 heteroatoms. The Morgan fingerprint density at radius 3 is 2.40 bits per heavy atom. The summed E-state index contributed by atoms with van der Waals surface area (Å²) in [6, 6.07) is 5.16. The highest BCUT2D eigenvalue weighted by Crippen LogP contribution is 2.28. The van der Waals surface area contributed by atoms with Crippen molar-refractivity contribution in [3.05, 3.63) is 23.8 Å². The molecule has 0 fully saturated rings. The second-order valence-electron chi connectivity index (χ2n) is 4.26. The molecule has 0 aliphatic carbocycles. The Labute approximate surface area is 125 Å². The van der Waals surface area contributed by atoms with Gasteiger partial charge in [0.05, 0.1) is 13.2 Å². The van der Waals surface area contributed by atoms with Crippen LogP contribution in [0.5, 0.6) is 11.5 Å². The van der Waals surface area contributed by atoms with Gasteiger partial charge in [0.25, 0.3) is 5.91 Å². The summed E-state index contributed by atoms with van der Waals surface area (Å²) >= 11 is 5.79. The minimum absolute atomic E-state index is 0.0220. The van der Waals surface area contributed by atoms with Crippen LogP contribution in [0, 0.1) is 0 Å². The van der Waals surface area contributed by atoms with Crippen LogP contribution in [0.25, 0.3) is 0 Å². The highest BCUT2D eigenvalue weighted by molar-refractivity contribution is 6.18. The van der Waals surface area contributed by atoms with E-state index in [-0.39, 0.29) is 11.9 Å². The van der Waals surface area contributed by atoms with Gasteiger partial charge in [-0.25, -0.2) is 0 Å². The molecule has 20 heavy (non-hydrogen) atoms. The zero-order valence-electron chi connectivity index (χ0n) is 12.2. The number of benzene rings is 1. The fourth-order valence-electron chi connectivity index (χ4n) is 1.71. The van der Waals surface area contributed by atoms with Crippen molar-refractivity contribution >= 4 is 17.5 Å². The van der Waals surface area contributed by atoms with Gasteiger partial charge in [0.2, 0.25) is 0 Å². The summed E-state index contributed by atoms with van der Waals surface area (Å²) in [6.07, 6.45) is 0.796. The van der Waals surface area contributed by atoms with E-state index in [0.717, 1.165) is 6.42 Å². The third-order valence-corrected chi connectivity index (χ3v) is 3.19. The van der Waals surface area contributed by atoms with E-state index in [4.69, 9.17) is 21.1 Å². The lowest BCUT2D eigenvalue weighted by atomic mass is 10.1. The van der Waals surface area contributed by atoms with Gasteiger partial charge in [-0.05, 0) is 38.5 Å². The number of hydrogen-bond donors (Lipinski definition) is 1. The third kappa shape index (κ3) is 4.60. The minimum Gasteiger partial charge on any atom is -0.490 e. The summed E-state index contributed by atoms with van der Waals surface area (Å²) in [5.41, 5.74) is 0.542. The first-order valence-electron chi connectivity index (χ1n) is 6.92. The van der Waals surface area contributed by atoms with Gasteiger partial charge in [-0.1, -0.05) is 6.92 Å². The molecule has 1 unspecified atom stereocenters. The molecule has 0 aliphatic rings. The maximum absolute atomic E-state index is 12.1. The van der Waals surface area contributed by atoms with Gasteiger partial charge in [0, 0.05) is 17.5 Å². The molecular formula is C15H22ClNO3. The lowest BCUT2D eigenvalue weighted by molar-refractivity contribution is 0.0939. The maximum atomic E-state index is 12.1. The lowest BCUT2D eigenvalue weighted by Gasteiger charge is -2.15. The summed E-state index contributed by atoms with van der Waals surface area (Å²) in [6.45, 7) is 6.85. The zero-order valence-corrected chi connectivity index (χ0v) is 13.0. The van der Waals surface area contributed by atoms with Crippen molar-refractivity contribution in [2.75, 3.05) is 19.1 Å². The number of ether oxygens (including phenoxy) is 2. The number of amides is 1. The number of rotatable bonds is 8. The maximum Gasteiger partial charge on any atom is 0.251 e. The van der Waals surface area contributed by atoms with Crippen LogP contribution in [-0.2, 0) is 0 Å². The van der Waals surface area contributed by atoms with E-state index in [2.05, 4.69) is 5.32 Å². The number of hydrogen-bond acceptors (Lipinski definition) is 3. The van der Waals surface area contributed by atoms with E-state index in [0.29, 0.717) is 36.2 Å². The molecule has 0 heterocycles. The normalized spacial score (nSPS) is 11.8. The second-order valence-corrected chi connectivity index (χ2v) is 4.57. The smallest absolute Gasteiger partial charge is 0.251 e. The van der Waals surface area contributed by atoms with Gasteiger partial charge in [-0.3, -0.25) is 4.79 Å². The van der Waals surface area contributed by atoms with Crippen molar-refractivity contribution in [1.29, 1.82) is 0 Å². The van der Waals surface area contributed by atoms with Crippen molar-refractivity contribution in [1.82, 2.24) is 5.32 Å². The predicted octanol–water partition coefficient (Wildman–Crippen LogP) is 3.23. The van der Waals surface area contributed by atoms with Gasteiger partial charge in [-0.2, -0.15) is 0 Å². The van der Waals surface area contributed by atoms with Crippen LogP contribution in [0.15, 0.2) is 18.2 Å². The summed E-state index contributed by atoms with van der Waals surface area (Å²) in [7, 11) is 0. The first-order valence-corrected chi connectivity index (χ1v) is 7.46. The van der Waals surface area contributed by atoms with E-state index in [1.807, 2.05) is 20.8 Å². The van der Waals surface area contributed by atoms with Crippen LogP contribution < -0.4 is 14.8 Å². The monoisotopic (exact) mass is 299 g/mol. The molecule has 0 saturated carbocycles. The number of halogens is 1. The molecule has 1 rings (SSSR count). The third-order valence-electron chi connectivity index (χ3n) is 2.82. The number of carbonyl (C=O) groups is 1. The van der Waals surface area contributed by atoms with Crippen LogP contribution in [-0.4, -0.2) is 31.0 Å². The summed E-state index contributed by atoms with van der Waals surface area (Å²) in [5, 5.41) is 2.89. The van der Waals surface area contributed by atoms with E-state index in [9.17, 15) is 4.79 Å². The van der Waals surface area contributed by atoms with Crippen LogP contribution in [0.1, 0.15) is 37.6 Å². The van der Waals surface area contributed by atoms with Gasteiger partial charge in [0.15, 0.2) is 11.5 Å². The molecule has 0 aliphatic heterocycles. The second kappa shape index (κ2) is 8.69. The van der Waals surface area contributed by atoms with E-state index >= 15 is 0 Å². The molecule has 4 nitrogen and oxygen atoms in total. The first-order chi connectivity index (χ1) is 9.65. The van der Waals surface area contributed by atoms with Crippen molar-refractivity contribution in [3.63, 3.8) is 0 Å². The summed E-state index contributed by atoms with van der Waals surface area (Å²) < 4.78 is 11.0. The molecule has 1 N–H and O–H groups in total. The molecule has 0 bridgehead atoms. The van der Waals surface area contributed by atoms with Gasteiger partial charge < -0.3 is 14.8 Å². The molecule has 0 radical (unpaired) electrons. The molecule has 112 valence electrons. The van der Waals surface area contributed by atoms with E-state index in [1.54, 1.807) is 18.2 Å². The van der Waals surface area contributed by atoms with Crippen LogP contribution in [0.2, 0.25) is 0 Å². The molecule has 1 aromatic rings. The van der Waals surface area contributed by atoms with Crippen molar-refractivity contribution in [2.45, 2.75) is 33.2 Å². The Balaban J connectivity index is 2.89. The SMILES string of the molecule is CCOc1ccc(C(=O)NC(CC)CCl)cc1OCC. The molecular weight excluding hydrogens is 278 g/mol. The number of carbonyl (C=O) groups excluding carboxylic acids is 1. The molecule has 1 atom stereocenters. The summed E-state index contributed by atoms with van der Waals surface area (Å²) in [4.78, 5) is 12.1. The first kappa shape index (κ1) is 16.6. The highest BCUT2D eigenvalue weighted by atomic mass is 35.5. The molecule has 1 amide bonds.